The topological polar surface area (TPSA) is 40.6 Å². The van der Waals surface area contributed by atoms with E-state index in [1.165, 1.54) is 0 Å². The van der Waals surface area contributed by atoms with E-state index in [4.69, 9.17) is 0 Å². The van der Waals surface area contributed by atoms with E-state index in [0.29, 0.717) is 11.1 Å². The van der Waals surface area contributed by atoms with Crippen LogP contribution in [0.25, 0.3) is 0 Å². The van der Waals surface area contributed by atoms with Crippen molar-refractivity contribution in [3.05, 3.63) is 35.4 Å². The highest BCUT2D eigenvalue weighted by Crippen LogP contribution is 2.23. The summed E-state index contributed by atoms with van der Waals surface area (Å²) in [6, 6.07) is 7.84. The van der Waals surface area contributed by atoms with Gasteiger partial charge >= 0.3 is 0 Å². The molecule has 0 aromatic heterocycles. The van der Waals surface area contributed by atoms with E-state index in [0.717, 1.165) is 25.7 Å². The third-order valence-electron chi connectivity index (χ3n) is 6.12. The average Bonchev–Trinajstić information content (AvgIpc) is 2.72. The van der Waals surface area contributed by atoms with Crippen molar-refractivity contribution in [2.24, 2.45) is 0 Å². The van der Waals surface area contributed by atoms with Gasteiger partial charge in [-0.05, 0) is 65.5 Å². The molecule has 4 nitrogen and oxygen atoms in total. The van der Waals surface area contributed by atoms with Crippen LogP contribution in [0.2, 0.25) is 0 Å². The summed E-state index contributed by atoms with van der Waals surface area (Å²) in [5.74, 6) is -0.0817. The summed E-state index contributed by atoms with van der Waals surface area (Å²) in [5.41, 5.74) is 1.04. The summed E-state index contributed by atoms with van der Waals surface area (Å²) in [5, 5.41) is 0. The Hall–Kier alpha value is -1.84. The van der Waals surface area contributed by atoms with E-state index in [9.17, 15) is 9.59 Å². The van der Waals surface area contributed by atoms with Crippen molar-refractivity contribution in [2.45, 2.75) is 105 Å². The molecule has 1 aromatic carbocycles. The van der Waals surface area contributed by atoms with Crippen LogP contribution in [0.5, 0.6) is 0 Å². The fourth-order valence-electron chi connectivity index (χ4n) is 3.59. The van der Waals surface area contributed by atoms with Crippen molar-refractivity contribution in [2.75, 3.05) is 0 Å². The van der Waals surface area contributed by atoms with E-state index in [2.05, 4.69) is 55.4 Å². The lowest BCUT2D eigenvalue weighted by Crippen LogP contribution is -2.47. The largest absolute Gasteiger partial charge is 0.333 e. The van der Waals surface area contributed by atoms with Gasteiger partial charge in [-0.1, -0.05) is 39.8 Å². The third-order valence-corrected chi connectivity index (χ3v) is 6.12. The highest BCUT2D eigenvalue weighted by atomic mass is 16.2. The molecular formula is C24H40N2O2. The molecule has 4 atom stereocenters. The SMILES string of the molecule is CC[C@@H](C)N(C(=O)c1ccccc1C(=O)N([C@H](C)CC)[C@@H](C)CC)[C@@H](C)CC. The standard InChI is InChI=1S/C24H40N2O2/c1-9-17(5)25(18(6)10-2)23(27)21-15-13-14-16-22(21)24(28)26(19(7)11-3)20(8)12-4/h13-20H,9-12H2,1-8H3/t17-,18+,19-,20+. The molecule has 0 unspecified atom stereocenters. The van der Waals surface area contributed by atoms with Crippen molar-refractivity contribution in [1.29, 1.82) is 0 Å². The van der Waals surface area contributed by atoms with Gasteiger partial charge in [0, 0.05) is 24.2 Å². The van der Waals surface area contributed by atoms with Gasteiger partial charge in [0.05, 0.1) is 11.1 Å². The van der Waals surface area contributed by atoms with Gasteiger partial charge in [-0.2, -0.15) is 0 Å². The minimum atomic E-state index is -0.0408. The second-order valence-electron chi connectivity index (χ2n) is 8.00. The molecule has 0 fully saturated rings. The Bertz CT molecular complexity index is 568. The number of hydrogen-bond acceptors (Lipinski definition) is 2. The van der Waals surface area contributed by atoms with Gasteiger partial charge < -0.3 is 9.80 Å². The number of amides is 2. The van der Waals surface area contributed by atoms with Crippen LogP contribution >= 0.6 is 0 Å². The molecular weight excluding hydrogens is 348 g/mol. The van der Waals surface area contributed by atoms with Gasteiger partial charge in [0.1, 0.15) is 0 Å². The summed E-state index contributed by atoms with van der Waals surface area (Å²) >= 11 is 0. The highest BCUT2D eigenvalue weighted by Gasteiger charge is 2.31. The lowest BCUT2D eigenvalue weighted by Gasteiger charge is -2.36. The fraction of sp³-hybridized carbons (Fsp3) is 0.667. The number of benzene rings is 1. The first-order chi connectivity index (χ1) is 13.2. The zero-order chi connectivity index (χ0) is 21.4. The van der Waals surface area contributed by atoms with Crippen LogP contribution in [0.15, 0.2) is 24.3 Å². The Labute approximate surface area is 172 Å². The van der Waals surface area contributed by atoms with Gasteiger partial charge in [0.15, 0.2) is 0 Å². The van der Waals surface area contributed by atoms with Crippen molar-refractivity contribution in [3.8, 4) is 0 Å². The van der Waals surface area contributed by atoms with Gasteiger partial charge in [-0.25, -0.2) is 0 Å². The molecule has 2 amide bonds. The molecule has 0 bridgehead atoms. The molecule has 28 heavy (non-hydrogen) atoms. The Morgan fingerprint density at radius 2 is 0.893 bits per heavy atom. The lowest BCUT2D eigenvalue weighted by molar-refractivity contribution is 0.0556. The Kier molecular flexibility index (Phi) is 9.71. The Morgan fingerprint density at radius 1 is 0.643 bits per heavy atom. The number of hydrogen-bond donors (Lipinski definition) is 0. The van der Waals surface area contributed by atoms with E-state index in [-0.39, 0.29) is 36.0 Å². The number of carbonyl (C=O) groups is 2. The second-order valence-corrected chi connectivity index (χ2v) is 8.00. The van der Waals surface area contributed by atoms with Crippen LogP contribution < -0.4 is 0 Å². The van der Waals surface area contributed by atoms with Crippen LogP contribution in [-0.2, 0) is 0 Å². The van der Waals surface area contributed by atoms with E-state index < -0.39 is 0 Å². The molecule has 0 aliphatic heterocycles. The summed E-state index contributed by atoms with van der Waals surface area (Å²) in [6.07, 6.45) is 3.55. The minimum Gasteiger partial charge on any atom is -0.333 e. The monoisotopic (exact) mass is 388 g/mol. The fourth-order valence-corrected chi connectivity index (χ4v) is 3.59. The summed E-state index contributed by atoms with van der Waals surface area (Å²) in [6.45, 7) is 16.7. The van der Waals surface area contributed by atoms with Gasteiger partial charge in [0.2, 0.25) is 0 Å². The van der Waals surface area contributed by atoms with Crippen LogP contribution in [0.1, 0.15) is 102 Å². The molecule has 158 valence electrons. The summed E-state index contributed by atoms with van der Waals surface area (Å²) in [7, 11) is 0. The molecule has 0 radical (unpaired) electrons. The highest BCUT2D eigenvalue weighted by molar-refractivity contribution is 6.07. The minimum absolute atomic E-state index is 0.0408. The maximum atomic E-state index is 13.5. The smallest absolute Gasteiger partial charge is 0.255 e. The first-order valence-electron chi connectivity index (χ1n) is 11.0. The van der Waals surface area contributed by atoms with E-state index in [1.54, 1.807) is 12.1 Å². The molecule has 0 saturated heterocycles. The normalized spacial score (nSPS) is 15.4. The van der Waals surface area contributed by atoms with Gasteiger partial charge in [-0.15, -0.1) is 0 Å². The van der Waals surface area contributed by atoms with Crippen molar-refractivity contribution >= 4 is 11.8 Å². The third kappa shape index (κ3) is 5.36. The summed E-state index contributed by atoms with van der Waals surface area (Å²) < 4.78 is 0. The van der Waals surface area contributed by atoms with Crippen LogP contribution in [0.3, 0.4) is 0 Å². The number of rotatable bonds is 10. The maximum absolute atomic E-state index is 13.5. The molecule has 0 heterocycles. The Morgan fingerprint density at radius 3 is 1.11 bits per heavy atom. The van der Waals surface area contributed by atoms with Gasteiger partial charge in [0.25, 0.3) is 11.8 Å². The molecule has 0 aliphatic rings. The van der Waals surface area contributed by atoms with Gasteiger partial charge in [-0.3, -0.25) is 9.59 Å². The molecule has 0 spiro atoms. The maximum Gasteiger partial charge on any atom is 0.255 e. The van der Waals surface area contributed by atoms with Crippen LogP contribution in [0, 0.1) is 0 Å². The quantitative estimate of drug-likeness (QED) is 0.511. The van der Waals surface area contributed by atoms with E-state index >= 15 is 0 Å². The van der Waals surface area contributed by atoms with E-state index in [1.807, 2.05) is 21.9 Å². The molecule has 0 N–H and O–H groups in total. The second kappa shape index (κ2) is 11.2. The average molecular weight is 389 g/mol. The zero-order valence-corrected chi connectivity index (χ0v) is 19.2. The van der Waals surface area contributed by atoms with Crippen LogP contribution in [0.4, 0.5) is 0 Å². The summed E-state index contributed by atoms with van der Waals surface area (Å²) in [4.78, 5) is 30.9. The Balaban J connectivity index is 3.42. The van der Waals surface area contributed by atoms with Crippen molar-refractivity contribution < 1.29 is 9.59 Å². The molecule has 0 aliphatic carbocycles. The molecule has 1 rings (SSSR count). The predicted molar refractivity (Wildman–Crippen MR) is 118 cm³/mol. The van der Waals surface area contributed by atoms with Crippen LogP contribution in [-0.4, -0.2) is 45.8 Å². The molecule has 0 saturated carbocycles. The lowest BCUT2D eigenvalue weighted by atomic mass is 10.00. The first-order valence-corrected chi connectivity index (χ1v) is 11.0. The zero-order valence-electron chi connectivity index (χ0n) is 19.2. The molecule has 4 heteroatoms. The predicted octanol–water partition coefficient (Wildman–Crippen LogP) is 5.77. The molecule has 1 aromatic rings. The number of nitrogens with zero attached hydrogens (tertiary/aromatic N) is 2. The van der Waals surface area contributed by atoms with Crippen molar-refractivity contribution in [3.63, 3.8) is 0 Å². The van der Waals surface area contributed by atoms with Crippen molar-refractivity contribution in [1.82, 2.24) is 9.80 Å². The first kappa shape index (κ1) is 24.2. The number of carbonyl (C=O) groups excluding carboxylic acids is 2.